The molecule has 1 fully saturated rings. The van der Waals surface area contributed by atoms with E-state index in [-0.39, 0.29) is 17.6 Å². The summed E-state index contributed by atoms with van der Waals surface area (Å²) in [5.74, 6) is 0.978. The summed E-state index contributed by atoms with van der Waals surface area (Å²) < 4.78 is 1.85. The largest absolute Gasteiger partial charge is 0.354 e. The van der Waals surface area contributed by atoms with Crippen LogP contribution in [0.5, 0.6) is 0 Å². The van der Waals surface area contributed by atoms with E-state index >= 15 is 0 Å². The minimum absolute atomic E-state index is 0.0251. The molecule has 1 aliphatic carbocycles. The number of nitrogens with zero attached hydrogens (tertiary/aromatic N) is 4. The molecule has 0 amide bonds. The number of pyridine rings is 2. The van der Waals surface area contributed by atoms with Gasteiger partial charge in [-0.25, -0.2) is 4.98 Å². The van der Waals surface area contributed by atoms with E-state index in [4.69, 9.17) is 22.3 Å². The molecule has 0 spiro atoms. The van der Waals surface area contributed by atoms with E-state index in [1.165, 1.54) is 0 Å². The number of nitrogens with two attached hydrogens (primary N) is 1. The number of hydrogen-bond donors (Lipinski definition) is 2. The summed E-state index contributed by atoms with van der Waals surface area (Å²) >= 11 is 6.80. The summed E-state index contributed by atoms with van der Waals surface area (Å²) in [6.07, 6.45) is 5.22. The Labute approximate surface area is 222 Å². The number of halogens is 1. The molecule has 0 saturated heterocycles. The van der Waals surface area contributed by atoms with Crippen molar-refractivity contribution in [1.29, 1.82) is 0 Å². The van der Waals surface area contributed by atoms with Crippen molar-refractivity contribution in [2.45, 2.75) is 58.5 Å². The maximum atomic E-state index is 14.1. The van der Waals surface area contributed by atoms with Crippen molar-refractivity contribution in [3.63, 3.8) is 0 Å². The van der Waals surface area contributed by atoms with Crippen molar-refractivity contribution in [2.24, 2.45) is 11.7 Å². The fourth-order valence-electron chi connectivity index (χ4n) is 4.99. The van der Waals surface area contributed by atoms with Gasteiger partial charge in [0.1, 0.15) is 5.65 Å². The van der Waals surface area contributed by atoms with E-state index in [0.717, 1.165) is 54.6 Å². The van der Waals surface area contributed by atoms with Gasteiger partial charge in [0, 0.05) is 57.6 Å². The summed E-state index contributed by atoms with van der Waals surface area (Å²) in [4.78, 5) is 28.0. The first-order valence-electron chi connectivity index (χ1n) is 13.0. The molecule has 5 rings (SSSR count). The van der Waals surface area contributed by atoms with E-state index in [1.54, 1.807) is 6.20 Å². The van der Waals surface area contributed by atoms with Crippen LogP contribution in [0.15, 0.2) is 53.5 Å². The van der Waals surface area contributed by atoms with Gasteiger partial charge in [0.2, 0.25) is 5.95 Å². The minimum Gasteiger partial charge on any atom is -0.354 e. The third kappa shape index (κ3) is 5.38. The zero-order valence-electron chi connectivity index (χ0n) is 21.5. The lowest BCUT2D eigenvalue weighted by atomic mass is 9.91. The summed E-state index contributed by atoms with van der Waals surface area (Å²) in [6.45, 7) is 6.97. The highest BCUT2D eigenvalue weighted by Gasteiger charge is 2.25. The Morgan fingerprint density at radius 1 is 1.08 bits per heavy atom. The van der Waals surface area contributed by atoms with Crippen LogP contribution in [0.1, 0.15) is 51.3 Å². The number of benzene rings is 1. The van der Waals surface area contributed by atoms with E-state index in [0.29, 0.717) is 33.7 Å². The predicted octanol–water partition coefficient (Wildman–Crippen LogP) is 5.99. The Bertz CT molecular complexity index is 1490. The van der Waals surface area contributed by atoms with Crippen molar-refractivity contribution in [1.82, 2.24) is 19.5 Å². The molecule has 1 saturated carbocycles. The molecule has 3 N–H and O–H groups in total. The molecule has 3 heterocycles. The molecule has 3 aromatic heterocycles. The van der Waals surface area contributed by atoms with Gasteiger partial charge < -0.3 is 11.1 Å². The zero-order chi connectivity index (χ0) is 26.1. The molecule has 1 aliphatic rings. The van der Waals surface area contributed by atoms with Gasteiger partial charge in [-0.15, -0.1) is 0 Å². The Morgan fingerprint density at radius 3 is 2.57 bits per heavy atom. The molecular formula is C29H33ClN6O. The molecule has 37 heavy (non-hydrogen) atoms. The summed E-state index contributed by atoms with van der Waals surface area (Å²) in [5.41, 5.74) is 10.7. The van der Waals surface area contributed by atoms with Gasteiger partial charge in [0.05, 0.1) is 5.69 Å². The molecular weight excluding hydrogens is 484 g/mol. The lowest BCUT2D eigenvalue weighted by Gasteiger charge is -2.29. The molecule has 7 nitrogen and oxygen atoms in total. The average Bonchev–Trinajstić information content (AvgIpc) is 2.88. The van der Waals surface area contributed by atoms with E-state index in [1.807, 2.05) is 54.0 Å². The van der Waals surface area contributed by atoms with Crippen LogP contribution in [-0.4, -0.2) is 32.1 Å². The van der Waals surface area contributed by atoms with Crippen molar-refractivity contribution >= 4 is 28.6 Å². The van der Waals surface area contributed by atoms with Crippen molar-refractivity contribution in [3.05, 3.63) is 69.7 Å². The fraction of sp³-hybridized carbons (Fsp3) is 0.379. The molecule has 1 aromatic carbocycles. The van der Waals surface area contributed by atoms with E-state index in [9.17, 15) is 4.79 Å². The quantitative estimate of drug-likeness (QED) is 0.326. The second-order valence-electron chi connectivity index (χ2n) is 10.4. The number of aryl methyl sites for hydroxylation is 1. The number of anilines is 1. The molecule has 192 valence electrons. The van der Waals surface area contributed by atoms with Crippen LogP contribution in [0.2, 0.25) is 5.02 Å². The van der Waals surface area contributed by atoms with Gasteiger partial charge >= 0.3 is 0 Å². The van der Waals surface area contributed by atoms with Gasteiger partial charge in [-0.05, 0) is 62.8 Å². The maximum Gasteiger partial charge on any atom is 0.260 e. The van der Waals surface area contributed by atoms with Crippen LogP contribution in [0.3, 0.4) is 0 Å². The zero-order valence-corrected chi connectivity index (χ0v) is 22.3. The third-order valence-corrected chi connectivity index (χ3v) is 7.30. The summed E-state index contributed by atoms with van der Waals surface area (Å²) in [5, 5.41) is 4.60. The van der Waals surface area contributed by atoms with E-state index < -0.39 is 0 Å². The Hall–Kier alpha value is -3.29. The topological polar surface area (TPSA) is 98.7 Å². The first-order chi connectivity index (χ1) is 17.8. The molecule has 0 unspecified atom stereocenters. The van der Waals surface area contributed by atoms with Crippen LogP contribution < -0.4 is 16.6 Å². The van der Waals surface area contributed by atoms with E-state index in [2.05, 4.69) is 29.1 Å². The molecule has 4 aromatic rings. The number of fused-ring (bicyclic) bond motifs is 1. The fourth-order valence-corrected chi connectivity index (χ4v) is 5.27. The second-order valence-corrected chi connectivity index (χ2v) is 10.8. The number of aromatic nitrogens is 4. The summed E-state index contributed by atoms with van der Waals surface area (Å²) in [6, 6.07) is 13.7. The molecule has 0 aliphatic heterocycles. The van der Waals surface area contributed by atoms with Crippen molar-refractivity contribution in [3.8, 4) is 22.4 Å². The predicted molar refractivity (Wildman–Crippen MR) is 151 cm³/mol. The Balaban J connectivity index is 1.63. The monoisotopic (exact) mass is 516 g/mol. The van der Waals surface area contributed by atoms with Crippen molar-refractivity contribution < 1.29 is 0 Å². The Kier molecular flexibility index (Phi) is 7.26. The smallest absolute Gasteiger partial charge is 0.260 e. The molecule has 8 heteroatoms. The number of hydrogen-bond acceptors (Lipinski definition) is 6. The van der Waals surface area contributed by atoms with Crippen LogP contribution in [0.25, 0.3) is 33.4 Å². The second kappa shape index (κ2) is 10.6. The first-order valence-corrected chi connectivity index (χ1v) is 13.3. The average molecular weight is 517 g/mol. The number of rotatable bonds is 6. The highest BCUT2D eigenvalue weighted by Crippen LogP contribution is 2.34. The molecule has 0 atom stereocenters. The lowest BCUT2D eigenvalue weighted by Crippen LogP contribution is -2.33. The molecule has 0 bridgehead atoms. The maximum absolute atomic E-state index is 14.1. The van der Waals surface area contributed by atoms with Crippen LogP contribution in [0, 0.1) is 12.8 Å². The van der Waals surface area contributed by atoms with Crippen LogP contribution >= 0.6 is 11.6 Å². The lowest BCUT2D eigenvalue weighted by molar-refractivity contribution is 0.324. The van der Waals surface area contributed by atoms with Crippen molar-refractivity contribution in [2.75, 3.05) is 11.9 Å². The highest BCUT2D eigenvalue weighted by atomic mass is 35.5. The van der Waals surface area contributed by atoms with Crippen LogP contribution in [-0.2, 0) is 0 Å². The van der Waals surface area contributed by atoms with Gasteiger partial charge in [0.25, 0.3) is 5.56 Å². The summed E-state index contributed by atoms with van der Waals surface area (Å²) in [7, 11) is 0. The normalized spacial score (nSPS) is 17.9. The SMILES string of the molecule is Cc1cccc(-c2ccc(-c3cc4cnc(NCC(C)C)nc4n(C4CCC(N)CC4)c3=O)c(Cl)c2)n1. The van der Waals surface area contributed by atoms with Gasteiger partial charge in [-0.1, -0.05) is 43.6 Å². The highest BCUT2D eigenvalue weighted by molar-refractivity contribution is 6.33. The van der Waals surface area contributed by atoms with Crippen LogP contribution in [0.4, 0.5) is 5.95 Å². The van der Waals surface area contributed by atoms with Gasteiger partial charge in [-0.2, -0.15) is 4.98 Å². The standard InChI is InChI=1S/C29H33ClN6O/c1-17(2)15-32-29-33-16-20-13-24(28(37)36(27(20)35-29)22-10-8-21(31)9-11-22)23-12-7-19(14-25(23)30)26-6-4-5-18(3)34-26/h4-7,12-14,16-17,21-22H,8-11,15,31H2,1-3H3,(H,32,33,35). The van der Waals surface area contributed by atoms with Gasteiger partial charge in [0.15, 0.2) is 0 Å². The first kappa shape index (κ1) is 25.4. The van der Waals surface area contributed by atoms with Gasteiger partial charge in [-0.3, -0.25) is 14.3 Å². The molecule has 0 radical (unpaired) electrons. The minimum atomic E-state index is -0.0928. The third-order valence-electron chi connectivity index (χ3n) is 6.99. The number of nitrogens with one attached hydrogen (secondary N) is 1. The Morgan fingerprint density at radius 2 is 1.86 bits per heavy atom.